The Balaban J connectivity index is 0.00000338. The number of hydrogen-bond acceptors (Lipinski definition) is 3. The van der Waals surface area contributed by atoms with E-state index in [1.807, 2.05) is 36.4 Å². The summed E-state index contributed by atoms with van der Waals surface area (Å²) in [6.07, 6.45) is 1.16. The Labute approximate surface area is 181 Å². The average molecular weight is 434 g/mol. The van der Waals surface area contributed by atoms with Crippen molar-refractivity contribution in [1.82, 2.24) is 10.2 Å². The Hall–Kier alpha value is -0.970. The van der Waals surface area contributed by atoms with Crippen molar-refractivity contribution in [2.24, 2.45) is 0 Å². The topological polar surface area (TPSA) is 24.5 Å². The molecule has 0 saturated heterocycles. The fourth-order valence-electron chi connectivity index (χ4n) is 2.72. The van der Waals surface area contributed by atoms with Crippen LogP contribution in [0.5, 0.6) is 5.75 Å². The van der Waals surface area contributed by atoms with E-state index in [4.69, 9.17) is 16.3 Å². The number of halogens is 3. The number of nitrogens with zero attached hydrogens (tertiary/aromatic N) is 1. The third-order valence-electron chi connectivity index (χ3n) is 4.32. The van der Waals surface area contributed by atoms with E-state index in [0.29, 0.717) is 6.61 Å². The highest BCUT2D eigenvalue weighted by atomic mass is 35.5. The van der Waals surface area contributed by atoms with Crippen LogP contribution in [-0.4, -0.2) is 31.1 Å². The van der Waals surface area contributed by atoms with Gasteiger partial charge < -0.3 is 15.0 Å². The molecule has 0 spiro atoms. The molecule has 0 heterocycles. The Morgan fingerprint density at radius 1 is 0.963 bits per heavy atom. The molecular formula is C21H31Cl3N2O. The van der Waals surface area contributed by atoms with Gasteiger partial charge in [0.1, 0.15) is 12.4 Å². The number of benzene rings is 2. The fraction of sp³-hybridized carbons (Fsp3) is 0.429. The number of ether oxygens (including phenoxy) is 1. The summed E-state index contributed by atoms with van der Waals surface area (Å²) in [5.41, 5.74) is 2.31. The third-order valence-corrected chi connectivity index (χ3v) is 4.57. The lowest BCUT2D eigenvalue weighted by molar-refractivity contribution is 0.295. The lowest BCUT2D eigenvalue weighted by Crippen LogP contribution is -2.27. The molecule has 0 unspecified atom stereocenters. The first-order chi connectivity index (χ1) is 12.2. The number of rotatable bonds is 11. The molecule has 0 aromatic heterocycles. The van der Waals surface area contributed by atoms with E-state index in [2.05, 4.69) is 36.2 Å². The molecule has 2 aromatic rings. The Kier molecular flexibility index (Phi) is 14.5. The molecule has 0 bridgehead atoms. The highest BCUT2D eigenvalue weighted by molar-refractivity contribution is 6.30. The van der Waals surface area contributed by atoms with E-state index in [1.165, 1.54) is 5.56 Å². The lowest BCUT2D eigenvalue weighted by atomic mass is 10.2. The third kappa shape index (κ3) is 9.68. The Morgan fingerprint density at radius 2 is 1.63 bits per heavy atom. The van der Waals surface area contributed by atoms with Gasteiger partial charge in [-0.3, -0.25) is 0 Å². The van der Waals surface area contributed by atoms with Crippen LogP contribution in [0.2, 0.25) is 5.02 Å². The average Bonchev–Trinajstić information content (AvgIpc) is 2.65. The van der Waals surface area contributed by atoms with E-state index in [9.17, 15) is 0 Å². The minimum atomic E-state index is 0. The molecule has 0 saturated carbocycles. The summed E-state index contributed by atoms with van der Waals surface area (Å²) in [4.78, 5) is 2.45. The first kappa shape index (κ1) is 26.0. The second-order valence-electron chi connectivity index (χ2n) is 6.08. The minimum Gasteiger partial charge on any atom is -0.489 e. The number of hydrogen-bond donors (Lipinski definition) is 1. The highest BCUT2D eigenvalue weighted by Crippen LogP contribution is 2.19. The van der Waals surface area contributed by atoms with E-state index in [0.717, 1.165) is 55.5 Å². The second-order valence-corrected chi connectivity index (χ2v) is 6.52. The molecule has 0 aliphatic carbocycles. The smallest absolute Gasteiger partial charge is 0.124 e. The summed E-state index contributed by atoms with van der Waals surface area (Å²) in [5, 5.41) is 4.28. The predicted octanol–water partition coefficient (Wildman–Crippen LogP) is 5.58. The molecule has 0 amide bonds. The maximum atomic E-state index is 6.00. The zero-order valence-electron chi connectivity index (χ0n) is 16.1. The van der Waals surface area contributed by atoms with Gasteiger partial charge in [0.2, 0.25) is 0 Å². The van der Waals surface area contributed by atoms with Gasteiger partial charge in [0.05, 0.1) is 0 Å². The molecule has 0 fully saturated rings. The van der Waals surface area contributed by atoms with Gasteiger partial charge in [0, 0.05) is 17.1 Å². The molecule has 3 nitrogen and oxygen atoms in total. The van der Waals surface area contributed by atoms with Crippen LogP contribution < -0.4 is 10.1 Å². The van der Waals surface area contributed by atoms with E-state index < -0.39 is 0 Å². The van der Waals surface area contributed by atoms with Crippen molar-refractivity contribution >= 4 is 36.4 Å². The van der Waals surface area contributed by atoms with Gasteiger partial charge in [-0.15, -0.1) is 24.8 Å². The van der Waals surface area contributed by atoms with Crippen molar-refractivity contribution in [3.05, 3.63) is 64.7 Å². The van der Waals surface area contributed by atoms with E-state index in [-0.39, 0.29) is 24.8 Å². The van der Waals surface area contributed by atoms with Gasteiger partial charge in [-0.25, -0.2) is 0 Å². The number of para-hydroxylation sites is 1. The maximum absolute atomic E-state index is 6.00. The summed E-state index contributed by atoms with van der Waals surface area (Å²) in [7, 11) is 0. The minimum absolute atomic E-state index is 0. The lowest BCUT2D eigenvalue weighted by Gasteiger charge is -2.18. The van der Waals surface area contributed by atoms with Gasteiger partial charge in [-0.1, -0.05) is 55.8 Å². The van der Waals surface area contributed by atoms with Crippen LogP contribution in [0.1, 0.15) is 31.4 Å². The molecule has 1 N–H and O–H groups in total. The van der Waals surface area contributed by atoms with Crippen molar-refractivity contribution in [3.8, 4) is 5.75 Å². The van der Waals surface area contributed by atoms with Gasteiger partial charge in [0.25, 0.3) is 0 Å². The summed E-state index contributed by atoms with van der Waals surface area (Å²) >= 11 is 5.92. The Bertz CT molecular complexity index is 619. The SMILES string of the molecule is CCN(CC)CCCNCc1ccccc1OCc1ccc(Cl)cc1.Cl.Cl. The van der Waals surface area contributed by atoms with Crippen LogP contribution in [0.15, 0.2) is 48.5 Å². The summed E-state index contributed by atoms with van der Waals surface area (Å²) < 4.78 is 6.00. The molecule has 0 aliphatic heterocycles. The molecule has 2 rings (SSSR count). The summed E-state index contributed by atoms with van der Waals surface area (Å²) in [5.74, 6) is 0.939. The van der Waals surface area contributed by atoms with Gasteiger partial charge in [0.15, 0.2) is 0 Å². The molecular weight excluding hydrogens is 403 g/mol. The standard InChI is InChI=1S/C21H29ClN2O.2ClH/c1-3-24(4-2)15-7-14-23-16-19-8-5-6-9-21(19)25-17-18-10-12-20(22)13-11-18;;/h5-6,8-13,23H,3-4,7,14-17H2,1-2H3;2*1H. The van der Waals surface area contributed by atoms with Crippen molar-refractivity contribution in [1.29, 1.82) is 0 Å². The second kappa shape index (κ2) is 15.0. The highest BCUT2D eigenvalue weighted by Gasteiger charge is 2.04. The van der Waals surface area contributed by atoms with Crippen LogP contribution in [0.25, 0.3) is 0 Å². The summed E-state index contributed by atoms with van der Waals surface area (Å²) in [6.45, 7) is 10.2. The molecule has 2 aromatic carbocycles. The first-order valence-electron chi connectivity index (χ1n) is 9.11. The normalized spacial score (nSPS) is 10.2. The molecule has 0 radical (unpaired) electrons. The Morgan fingerprint density at radius 3 is 2.30 bits per heavy atom. The van der Waals surface area contributed by atoms with Crippen molar-refractivity contribution < 1.29 is 4.74 Å². The van der Waals surface area contributed by atoms with Gasteiger partial charge in [-0.05, 0) is 56.4 Å². The van der Waals surface area contributed by atoms with E-state index in [1.54, 1.807) is 0 Å². The van der Waals surface area contributed by atoms with Crippen LogP contribution >= 0.6 is 36.4 Å². The molecule has 0 aliphatic rings. The zero-order chi connectivity index (χ0) is 17.9. The zero-order valence-corrected chi connectivity index (χ0v) is 18.5. The van der Waals surface area contributed by atoms with Crippen LogP contribution in [0.4, 0.5) is 0 Å². The maximum Gasteiger partial charge on any atom is 0.124 e. The molecule has 152 valence electrons. The van der Waals surface area contributed by atoms with Crippen LogP contribution in [0, 0.1) is 0 Å². The molecule has 0 atom stereocenters. The largest absolute Gasteiger partial charge is 0.489 e. The van der Waals surface area contributed by atoms with Gasteiger partial charge in [-0.2, -0.15) is 0 Å². The monoisotopic (exact) mass is 432 g/mol. The van der Waals surface area contributed by atoms with E-state index >= 15 is 0 Å². The van der Waals surface area contributed by atoms with Crippen LogP contribution in [-0.2, 0) is 13.2 Å². The van der Waals surface area contributed by atoms with Crippen LogP contribution in [0.3, 0.4) is 0 Å². The molecule has 6 heteroatoms. The van der Waals surface area contributed by atoms with Crippen molar-refractivity contribution in [3.63, 3.8) is 0 Å². The number of nitrogens with one attached hydrogen (secondary N) is 1. The predicted molar refractivity (Wildman–Crippen MR) is 121 cm³/mol. The molecule has 27 heavy (non-hydrogen) atoms. The van der Waals surface area contributed by atoms with Gasteiger partial charge >= 0.3 is 0 Å². The van der Waals surface area contributed by atoms with Crippen molar-refractivity contribution in [2.45, 2.75) is 33.4 Å². The fourth-order valence-corrected chi connectivity index (χ4v) is 2.85. The first-order valence-corrected chi connectivity index (χ1v) is 9.49. The summed E-state index contributed by atoms with van der Waals surface area (Å²) in [6, 6.07) is 16.0. The van der Waals surface area contributed by atoms with Crippen molar-refractivity contribution in [2.75, 3.05) is 26.2 Å². The quantitative estimate of drug-likeness (QED) is 0.468.